The highest BCUT2D eigenvalue weighted by Crippen LogP contribution is 2.29. The van der Waals surface area contributed by atoms with Crippen LogP contribution in [-0.2, 0) is 9.84 Å². The first kappa shape index (κ1) is 17.0. The fourth-order valence-electron chi connectivity index (χ4n) is 2.91. The van der Waals surface area contributed by atoms with Gasteiger partial charge in [0.15, 0.2) is 9.84 Å². The Morgan fingerprint density at radius 1 is 1.23 bits per heavy atom. The van der Waals surface area contributed by atoms with E-state index in [0.29, 0.717) is 17.7 Å². The van der Waals surface area contributed by atoms with Gasteiger partial charge in [0.2, 0.25) is 0 Å². The normalized spacial score (nSPS) is 22.3. The Morgan fingerprint density at radius 3 is 2.36 bits per heavy atom. The molecule has 2 atom stereocenters. The average Bonchev–Trinajstić information content (AvgIpc) is 2.95. The molecule has 0 aliphatic heterocycles. The molecule has 0 aromatic carbocycles. The first-order chi connectivity index (χ1) is 10.2. The SMILES string of the molecule is CN(C(=O)c1ccc(C(=O)O)s1)[C@H]1CCCC[C@H]1S(C)(=O)=O. The van der Waals surface area contributed by atoms with Crippen LogP contribution in [0.2, 0.25) is 0 Å². The Morgan fingerprint density at radius 2 is 1.82 bits per heavy atom. The maximum atomic E-state index is 12.5. The van der Waals surface area contributed by atoms with Crippen molar-refractivity contribution in [3.05, 3.63) is 21.9 Å². The number of sulfone groups is 1. The molecule has 1 saturated carbocycles. The Bertz CT molecular complexity index is 679. The number of carboxylic acid groups (broad SMARTS) is 1. The summed E-state index contributed by atoms with van der Waals surface area (Å²) in [7, 11) is -1.63. The van der Waals surface area contributed by atoms with Crippen molar-refractivity contribution in [2.45, 2.75) is 37.0 Å². The molecule has 22 heavy (non-hydrogen) atoms. The maximum absolute atomic E-state index is 12.5. The number of aromatic carboxylic acids is 1. The molecule has 6 nitrogen and oxygen atoms in total. The molecule has 1 heterocycles. The van der Waals surface area contributed by atoms with Crippen molar-refractivity contribution in [3.8, 4) is 0 Å². The standard InChI is InChI=1S/C14H19NO5S2/c1-15(9-5-3-4-6-12(9)22(2,19)20)13(16)10-7-8-11(21-10)14(17)18/h7-9,12H,3-6H2,1-2H3,(H,17,18)/t9-,12+/m0/s1. The smallest absolute Gasteiger partial charge is 0.345 e. The van der Waals surface area contributed by atoms with Crippen molar-refractivity contribution in [3.63, 3.8) is 0 Å². The first-order valence-electron chi connectivity index (χ1n) is 7.01. The molecule has 0 spiro atoms. The Balaban J connectivity index is 2.22. The number of hydrogen-bond donors (Lipinski definition) is 1. The van der Waals surface area contributed by atoms with Crippen molar-refractivity contribution in [1.82, 2.24) is 4.90 Å². The van der Waals surface area contributed by atoms with Gasteiger partial charge in [-0.1, -0.05) is 12.8 Å². The summed E-state index contributed by atoms with van der Waals surface area (Å²) < 4.78 is 23.9. The fourth-order valence-corrected chi connectivity index (χ4v) is 5.22. The molecule has 1 amide bonds. The highest BCUT2D eigenvalue weighted by molar-refractivity contribution is 7.91. The molecular formula is C14H19NO5S2. The minimum atomic E-state index is -3.23. The number of thiophene rings is 1. The molecule has 1 aromatic heterocycles. The quantitative estimate of drug-likeness (QED) is 0.899. The molecule has 2 rings (SSSR count). The van der Waals surface area contributed by atoms with Crippen LogP contribution in [0.1, 0.15) is 45.0 Å². The molecular weight excluding hydrogens is 326 g/mol. The lowest BCUT2D eigenvalue weighted by atomic mass is 9.93. The number of nitrogens with zero attached hydrogens (tertiary/aromatic N) is 1. The van der Waals surface area contributed by atoms with E-state index in [1.165, 1.54) is 23.3 Å². The molecule has 0 bridgehead atoms. The second kappa shape index (κ2) is 6.37. The summed E-state index contributed by atoms with van der Waals surface area (Å²) in [6, 6.07) is 2.51. The molecule has 1 aromatic rings. The number of rotatable bonds is 4. The lowest BCUT2D eigenvalue weighted by molar-refractivity contribution is 0.0696. The maximum Gasteiger partial charge on any atom is 0.345 e. The number of carbonyl (C=O) groups excluding carboxylic acids is 1. The van der Waals surface area contributed by atoms with E-state index in [0.717, 1.165) is 24.2 Å². The van der Waals surface area contributed by atoms with Crippen LogP contribution in [-0.4, -0.2) is 54.9 Å². The monoisotopic (exact) mass is 345 g/mol. The fraction of sp³-hybridized carbons (Fsp3) is 0.571. The van der Waals surface area contributed by atoms with Gasteiger partial charge >= 0.3 is 5.97 Å². The van der Waals surface area contributed by atoms with E-state index >= 15 is 0 Å². The predicted octanol–water partition coefficient (Wildman–Crippen LogP) is 1.87. The van der Waals surface area contributed by atoms with Crippen molar-refractivity contribution >= 4 is 33.1 Å². The molecule has 1 aliphatic carbocycles. The van der Waals surface area contributed by atoms with E-state index in [1.807, 2.05) is 0 Å². The zero-order valence-corrected chi connectivity index (χ0v) is 14.1. The van der Waals surface area contributed by atoms with Gasteiger partial charge in [-0.25, -0.2) is 13.2 Å². The Labute approximate surface area is 133 Å². The van der Waals surface area contributed by atoms with Crippen LogP contribution >= 0.6 is 11.3 Å². The van der Waals surface area contributed by atoms with Crippen LogP contribution in [0.25, 0.3) is 0 Å². The summed E-state index contributed by atoms with van der Waals surface area (Å²) in [6.07, 6.45) is 4.16. The van der Waals surface area contributed by atoms with Crippen LogP contribution in [0.15, 0.2) is 12.1 Å². The van der Waals surface area contributed by atoms with E-state index in [4.69, 9.17) is 5.11 Å². The van der Waals surface area contributed by atoms with Crippen LogP contribution in [0, 0.1) is 0 Å². The predicted molar refractivity (Wildman–Crippen MR) is 84.3 cm³/mol. The Hall–Kier alpha value is -1.41. The summed E-state index contributed by atoms with van der Waals surface area (Å²) >= 11 is 0.910. The highest BCUT2D eigenvalue weighted by atomic mass is 32.2. The molecule has 0 radical (unpaired) electrons. The first-order valence-corrected chi connectivity index (χ1v) is 9.78. The molecule has 1 N–H and O–H groups in total. The van der Waals surface area contributed by atoms with Crippen LogP contribution < -0.4 is 0 Å². The van der Waals surface area contributed by atoms with Crippen molar-refractivity contribution < 1.29 is 23.1 Å². The minimum Gasteiger partial charge on any atom is -0.477 e. The number of amides is 1. The lowest BCUT2D eigenvalue weighted by Gasteiger charge is -2.36. The lowest BCUT2D eigenvalue weighted by Crippen LogP contribution is -2.49. The van der Waals surface area contributed by atoms with Gasteiger partial charge in [-0.2, -0.15) is 0 Å². The van der Waals surface area contributed by atoms with E-state index in [2.05, 4.69) is 0 Å². The topological polar surface area (TPSA) is 91.8 Å². The van der Waals surface area contributed by atoms with Gasteiger partial charge < -0.3 is 10.0 Å². The summed E-state index contributed by atoms with van der Waals surface area (Å²) in [5, 5.41) is 8.38. The third kappa shape index (κ3) is 3.49. The third-order valence-corrected chi connectivity index (χ3v) is 6.77. The average molecular weight is 345 g/mol. The summed E-state index contributed by atoms with van der Waals surface area (Å²) in [4.78, 5) is 25.3. The van der Waals surface area contributed by atoms with E-state index in [1.54, 1.807) is 7.05 Å². The van der Waals surface area contributed by atoms with Crippen molar-refractivity contribution in [2.24, 2.45) is 0 Å². The van der Waals surface area contributed by atoms with Gasteiger partial charge in [-0.05, 0) is 25.0 Å². The largest absolute Gasteiger partial charge is 0.477 e. The molecule has 122 valence electrons. The molecule has 8 heteroatoms. The van der Waals surface area contributed by atoms with E-state index in [9.17, 15) is 18.0 Å². The van der Waals surface area contributed by atoms with Gasteiger partial charge in [0.05, 0.1) is 10.1 Å². The molecule has 1 fully saturated rings. The van der Waals surface area contributed by atoms with Gasteiger partial charge in [-0.15, -0.1) is 11.3 Å². The minimum absolute atomic E-state index is 0.0973. The molecule has 1 aliphatic rings. The van der Waals surface area contributed by atoms with Crippen molar-refractivity contribution in [2.75, 3.05) is 13.3 Å². The van der Waals surface area contributed by atoms with Gasteiger partial charge in [0.1, 0.15) is 4.88 Å². The number of carbonyl (C=O) groups is 2. The number of carboxylic acids is 1. The second-order valence-corrected chi connectivity index (χ2v) is 8.95. The van der Waals surface area contributed by atoms with Gasteiger partial charge in [0.25, 0.3) is 5.91 Å². The van der Waals surface area contributed by atoms with Gasteiger partial charge in [-0.3, -0.25) is 4.79 Å². The van der Waals surface area contributed by atoms with E-state index < -0.39 is 21.1 Å². The van der Waals surface area contributed by atoms with Crippen LogP contribution in [0.4, 0.5) is 0 Å². The summed E-state index contributed by atoms with van der Waals surface area (Å²) in [6.45, 7) is 0. The molecule has 0 saturated heterocycles. The second-order valence-electron chi connectivity index (χ2n) is 5.60. The van der Waals surface area contributed by atoms with Crippen LogP contribution in [0.3, 0.4) is 0 Å². The summed E-state index contributed by atoms with van der Waals surface area (Å²) in [5.74, 6) is -1.39. The summed E-state index contributed by atoms with van der Waals surface area (Å²) in [5.41, 5.74) is 0. The highest BCUT2D eigenvalue weighted by Gasteiger charge is 2.37. The zero-order chi connectivity index (χ0) is 16.5. The Kier molecular flexibility index (Phi) is 4.91. The third-order valence-electron chi connectivity index (χ3n) is 4.06. The van der Waals surface area contributed by atoms with Crippen LogP contribution in [0.5, 0.6) is 0 Å². The van der Waals surface area contributed by atoms with Gasteiger partial charge in [0, 0.05) is 19.3 Å². The zero-order valence-electron chi connectivity index (χ0n) is 12.5. The van der Waals surface area contributed by atoms with Crippen molar-refractivity contribution in [1.29, 1.82) is 0 Å². The number of hydrogen-bond acceptors (Lipinski definition) is 5. The van der Waals surface area contributed by atoms with E-state index in [-0.39, 0.29) is 16.8 Å². The molecule has 0 unspecified atom stereocenters.